The van der Waals surface area contributed by atoms with E-state index in [-0.39, 0.29) is 0 Å². The molecule has 2 aliphatic rings. The van der Waals surface area contributed by atoms with Gasteiger partial charge in [-0.15, -0.1) is 0 Å². The van der Waals surface area contributed by atoms with Gasteiger partial charge in [0, 0.05) is 24.2 Å². The molecule has 1 aromatic rings. The van der Waals surface area contributed by atoms with Gasteiger partial charge in [0.25, 0.3) is 0 Å². The number of hydrogen-bond donors (Lipinski definition) is 1. The minimum absolute atomic E-state index is 0.543. The highest BCUT2D eigenvalue weighted by Gasteiger charge is 2.17. The zero-order valence-electron chi connectivity index (χ0n) is 14.0. The highest BCUT2D eigenvalue weighted by molar-refractivity contribution is 5.43. The first-order valence-electron chi connectivity index (χ1n) is 8.98. The molecule has 0 unspecified atom stereocenters. The number of phenolic OH excluding ortho intramolecular Hbond substituents is 1. The van der Waals surface area contributed by atoms with Gasteiger partial charge in [-0.05, 0) is 58.8 Å². The molecule has 2 heterocycles. The third-order valence-corrected chi connectivity index (χ3v) is 5.10. The highest BCUT2D eigenvalue weighted by atomic mass is 16.3. The van der Waals surface area contributed by atoms with Gasteiger partial charge in [0.1, 0.15) is 5.75 Å². The summed E-state index contributed by atoms with van der Waals surface area (Å²) in [7, 11) is 0. The molecule has 0 atom stereocenters. The summed E-state index contributed by atoms with van der Waals surface area (Å²) >= 11 is 0. The summed E-state index contributed by atoms with van der Waals surface area (Å²) in [5.74, 6) is 0.543. The molecule has 0 amide bonds. The van der Waals surface area contributed by atoms with Crippen LogP contribution in [0.2, 0.25) is 0 Å². The lowest BCUT2D eigenvalue weighted by Crippen LogP contribution is -2.30. The number of likely N-dealkylation sites (tertiary alicyclic amines) is 2. The molecule has 1 aromatic carbocycles. The standard InChI is InChI=1S/C19H30N2O/c1-16-12-17(14-20-8-4-2-5-9-20)19(22)18(13-16)15-21-10-6-3-7-11-21/h12-13,22H,2-11,14-15H2,1H3. The Morgan fingerprint density at radius 2 is 1.18 bits per heavy atom. The molecule has 0 saturated carbocycles. The quantitative estimate of drug-likeness (QED) is 0.919. The molecule has 0 radical (unpaired) electrons. The monoisotopic (exact) mass is 302 g/mol. The van der Waals surface area contributed by atoms with Gasteiger partial charge in [0.15, 0.2) is 0 Å². The molecule has 2 aliphatic heterocycles. The lowest BCUT2D eigenvalue weighted by molar-refractivity contribution is 0.213. The van der Waals surface area contributed by atoms with Crippen molar-refractivity contribution in [2.45, 2.75) is 58.5 Å². The maximum absolute atomic E-state index is 10.7. The Bertz CT molecular complexity index is 447. The molecule has 2 saturated heterocycles. The van der Waals surface area contributed by atoms with E-state index < -0.39 is 0 Å². The lowest BCUT2D eigenvalue weighted by atomic mass is 10.0. The number of aromatic hydroxyl groups is 1. The molecule has 0 aromatic heterocycles. The molecule has 3 nitrogen and oxygen atoms in total. The second-order valence-electron chi connectivity index (χ2n) is 7.11. The Balaban J connectivity index is 1.72. The molecule has 2 fully saturated rings. The van der Waals surface area contributed by atoms with E-state index in [1.54, 1.807) is 0 Å². The highest BCUT2D eigenvalue weighted by Crippen LogP contribution is 2.28. The predicted octanol–water partition coefficient (Wildman–Crippen LogP) is 3.67. The fourth-order valence-corrected chi connectivity index (χ4v) is 3.89. The average molecular weight is 302 g/mol. The third kappa shape index (κ3) is 4.02. The molecular formula is C19H30N2O. The van der Waals surface area contributed by atoms with E-state index in [0.29, 0.717) is 5.75 Å². The fourth-order valence-electron chi connectivity index (χ4n) is 3.89. The fraction of sp³-hybridized carbons (Fsp3) is 0.684. The second-order valence-corrected chi connectivity index (χ2v) is 7.11. The molecule has 3 heteroatoms. The van der Waals surface area contributed by atoms with Crippen LogP contribution in [0.25, 0.3) is 0 Å². The van der Waals surface area contributed by atoms with Gasteiger partial charge in [-0.3, -0.25) is 9.80 Å². The summed E-state index contributed by atoms with van der Waals surface area (Å²) in [4.78, 5) is 4.98. The summed E-state index contributed by atoms with van der Waals surface area (Å²) < 4.78 is 0. The zero-order chi connectivity index (χ0) is 15.4. The van der Waals surface area contributed by atoms with Crippen LogP contribution < -0.4 is 0 Å². The molecule has 1 N–H and O–H groups in total. The molecule has 0 bridgehead atoms. The van der Waals surface area contributed by atoms with Crippen LogP contribution in [0.5, 0.6) is 5.75 Å². The predicted molar refractivity (Wildman–Crippen MR) is 91.1 cm³/mol. The van der Waals surface area contributed by atoms with Crippen molar-refractivity contribution in [2.75, 3.05) is 26.2 Å². The van der Waals surface area contributed by atoms with E-state index in [4.69, 9.17) is 0 Å². The van der Waals surface area contributed by atoms with Crippen LogP contribution in [0.15, 0.2) is 12.1 Å². The van der Waals surface area contributed by atoms with Gasteiger partial charge >= 0.3 is 0 Å². The van der Waals surface area contributed by atoms with Crippen LogP contribution in [-0.2, 0) is 13.1 Å². The summed E-state index contributed by atoms with van der Waals surface area (Å²) in [5, 5.41) is 10.7. The molecular weight excluding hydrogens is 272 g/mol. The molecule has 122 valence electrons. The van der Waals surface area contributed by atoms with E-state index in [0.717, 1.165) is 24.2 Å². The van der Waals surface area contributed by atoms with Crippen molar-refractivity contribution in [2.24, 2.45) is 0 Å². The maximum Gasteiger partial charge on any atom is 0.124 e. The normalized spacial score (nSPS) is 21.1. The van der Waals surface area contributed by atoms with E-state index in [1.807, 2.05) is 0 Å². The van der Waals surface area contributed by atoms with Crippen molar-refractivity contribution in [3.8, 4) is 5.75 Å². The molecule has 3 rings (SSSR count). The smallest absolute Gasteiger partial charge is 0.124 e. The number of phenols is 1. The number of benzene rings is 1. The van der Waals surface area contributed by atoms with Crippen LogP contribution in [0.3, 0.4) is 0 Å². The first-order chi connectivity index (χ1) is 10.7. The van der Waals surface area contributed by atoms with Crippen LogP contribution in [0.4, 0.5) is 0 Å². The number of hydrogen-bond acceptors (Lipinski definition) is 3. The van der Waals surface area contributed by atoms with E-state index in [1.165, 1.54) is 70.3 Å². The van der Waals surface area contributed by atoms with Crippen molar-refractivity contribution < 1.29 is 5.11 Å². The summed E-state index contributed by atoms with van der Waals surface area (Å²) in [6, 6.07) is 4.34. The Morgan fingerprint density at radius 3 is 1.59 bits per heavy atom. The number of nitrogens with zero attached hydrogens (tertiary/aromatic N) is 2. The van der Waals surface area contributed by atoms with E-state index in [2.05, 4.69) is 28.9 Å². The first kappa shape index (κ1) is 15.8. The Morgan fingerprint density at radius 1 is 0.773 bits per heavy atom. The van der Waals surface area contributed by atoms with Crippen LogP contribution >= 0.6 is 0 Å². The van der Waals surface area contributed by atoms with Crippen molar-refractivity contribution in [3.05, 3.63) is 28.8 Å². The van der Waals surface area contributed by atoms with Gasteiger partial charge in [-0.25, -0.2) is 0 Å². The van der Waals surface area contributed by atoms with Crippen LogP contribution in [0, 0.1) is 6.92 Å². The minimum Gasteiger partial charge on any atom is -0.507 e. The van der Waals surface area contributed by atoms with Crippen LogP contribution in [-0.4, -0.2) is 41.1 Å². The van der Waals surface area contributed by atoms with Gasteiger partial charge < -0.3 is 5.11 Å². The SMILES string of the molecule is Cc1cc(CN2CCCCC2)c(O)c(CN2CCCCC2)c1. The largest absolute Gasteiger partial charge is 0.507 e. The summed E-state index contributed by atoms with van der Waals surface area (Å²) in [6.45, 7) is 8.66. The van der Waals surface area contributed by atoms with Crippen molar-refractivity contribution in [1.29, 1.82) is 0 Å². The minimum atomic E-state index is 0.543. The van der Waals surface area contributed by atoms with Crippen LogP contribution in [0.1, 0.15) is 55.2 Å². The molecule has 0 aliphatic carbocycles. The topological polar surface area (TPSA) is 26.7 Å². The van der Waals surface area contributed by atoms with Gasteiger partial charge in [-0.1, -0.05) is 30.5 Å². The Kier molecular flexibility index (Phi) is 5.37. The zero-order valence-corrected chi connectivity index (χ0v) is 14.0. The maximum atomic E-state index is 10.7. The number of aryl methyl sites for hydroxylation is 1. The van der Waals surface area contributed by atoms with Crippen molar-refractivity contribution in [3.63, 3.8) is 0 Å². The number of rotatable bonds is 4. The first-order valence-corrected chi connectivity index (χ1v) is 8.98. The van der Waals surface area contributed by atoms with Crippen molar-refractivity contribution >= 4 is 0 Å². The molecule has 0 spiro atoms. The Labute approximate surface area is 134 Å². The lowest BCUT2D eigenvalue weighted by Gasteiger charge is -2.29. The van der Waals surface area contributed by atoms with Gasteiger partial charge in [-0.2, -0.15) is 0 Å². The van der Waals surface area contributed by atoms with E-state index >= 15 is 0 Å². The van der Waals surface area contributed by atoms with Gasteiger partial charge in [0.05, 0.1) is 0 Å². The summed E-state index contributed by atoms with van der Waals surface area (Å²) in [5.41, 5.74) is 3.51. The summed E-state index contributed by atoms with van der Waals surface area (Å²) in [6.07, 6.45) is 7.91. The molecule has 22 heavy (non-hydrogen) atoms. The Hall–Kier alpha value is -1.06. The third-order valence-electron chi connectivity index (χ3n) is 5.10. The number of piperidine rings is 2. The van der Waals surface area contributed by atoms with Crippen molar-refractivity contribution in [1.82, 2.24) is 9.80 Å². The second kappa shape index (κ2) is 7.47. The van der Waals surface area contributed by atoms with E-state index in [9.17, 15) is 5.11 Å². The average Bonchev–Trinajstić information content (AvgIpc) is 2.54. The van der Waals surface area contributed by atoms with Gasteiger partial charge in [0.2, 0.25) is 0 Å².